The highest BCUT2D eigenvalue weighted by Gasteiger charge is 2.22. The Balaban J connectivity index is 2.32. The minimum Gasteiger partial charge on any atom is -0.470 e. The van der Waals surface area contributed by atoms with E-state index >= 15 is 0 Å². The van der Waals surface area contributed by atoms with Gasteiger partial charge < -0.3 is 19.1 Å². The van der Waals surface area contributed by atoms with E-state index in [-0.39, 0.29) is 5.60 Å². The average Bonchev–Trinajstić information content (AvgIpc) is 2.51. The predicted octanol–water partition coefficient (Wildman–Crippen LogP) is 2.71. The lowest BCUT2D eigenvalue weighted by Gasteiger charge is -2.21. The van der Waals surface area contributed by atoms with Crippen LogP contribution in [-0.4, -0.2) is 37.5 Å². The molecule has 0 bridgehead atoms. The van der Waals surface area contributed by atoms with Crippen LogP contribution in [0.25, 0.3) is 0 Å². The van der Waals surface area contributed by atoms with Gasteiger partial charge >= 0.3 is 0 Å². The lowest BCUT2D eigenvalue weighted by Crippen LogP contribution is -2.27. The maximum atomic E-state index is 5.86. The van der Waals surface area contributed by atoms with E-state index in [1.807, 2.05) is 45.0 Å². The number of ether oxygens (including phenoxy) is 2. The molecule has 0 fully saturated rings. The number of hydrogen-bond acceptors (Lipinski definition) is 6. The van der Waals surface area contributed by atoms with Crippen LogP contribution < -0.4 is 0 Å². The fraction of sp³-hybridized carbons (Fsp3) is 0.500. The molecule has 0 amide bonds. The van der Waals surface area contributed by atoms with Crippen molar-refractivity contribution in [2.45, 2.75) is 33.0 Å². The van der Waals surface area contributed by atoms with Gasteiger partial charge in [-0.2, -0.15) is 0 Å². The SMILES string of the molecule is CO/N=C(/C1=NOCCO1)c1ccccc1COC(C)(C)C. The predicted molar refractivity (Wildman–Crippen MR) is 83.9 cm³/mol. The molecule has 120 valence electrons. The van der Waals surface area contributed by atoms with Crippen molar-refractivity contribution >= 4 is 11.6 Å². The van der Waals surface area contributed by atoms with Crippen LogP contribution in [0.1, 0.15) is 31.9 Å². The molecule has 1 aliphatic rings. The second-order valence-electron chi connectivity index (χ2n) is 5.76. The summed E-state index contributed by atoms with van der Waals surface area (Å²) in [6.07, 6.45) is 0. The van der Waals surface area contributed by atoms with Crippen LogP contribution in [0.15, 0.2) is 34.6 Å². The van der Waals surface area contributed by atoms with E-state index in [0.717, 1.165) is 11.1 Å². The van der Waals surface area contributed by atoms with Crippen molar-refractivity contribution in [3.63, 3.8) is 0 Å². The van der Waals surface area contributed by atoms with Gasteiger partial charge in [0.2, 0.25) is 0 Å². The minimum absolute atomic E-state index is 0.229. The smallest absolute Gasteiger partial charge is 0.280 e. The Hall–Kier alpha value is -2.08. The van der Waals surface area contributed by atoms with Crippen molar-refractivity contribution in [3.8, 4) is 0 Å². The summed E-state index contributed by atoms with van der Waals surface area (Å²) >= 11 is 0. The van der Waals surface area contributed by atoms with Gasteiger partial charge in [0.15, 0.2) is 12.3 Å². The molecule has 6 heteroatoms. The fourth-order valence-corrected chi connectivity index (χ4v) is 1.88. The van der Waals surface area contributed by atoms with E-state index in [9.17, 15) is 0 Å². The second kappa shape index (κ2) is 7.26. The zero-order chi connectivity index (χ0) is 16.0. The van der Waals surface area contributed by atoms with Gasteiger partial charge in [0.1, 0.15) is 13.7 Å². The van der Waals surface area contributed by atoms with E-state index in [4.69, 9.17) is 19.1 Å². The van der Waals surface area contributed by atoms with Gasteiger partial charge in [0.25, 0.3) is 5.90 Å². The van der Waals surface area contributed by atoms with Gasteiger partial charge in [-0.1, -0.05) is 29.4 Å². The molecule has 6 nitrogen and oxygen atoms in total. The van der Waals surface area contributed by atoms with Crippen LogP contribution in [0.3, 0.4) is 0 Å². The number of nitrogens with zero attached hydrogens (tertiary/aromatic N) is 2. The fourth-order valence-electron chi connectivity index (χ4n) is 1.88. The number of rotatable bonds is 5. The molecule has 22 heavy (non-hydrogen) atoms. The highest BCUT2D eigenvalue weighted by atomic mass is 16.7. The molecule has 0 N–H and O–H groups in total. The van der Waals surface area contributed by atoms with Crippen molar-refractivity contribution in [1.82, 2.24) is 0 Å². The number of oxime groups is 2. The molecule has 1 heterocycles. The van der Waals surface area contributed by atoms with Gasteiger partial charge in [-0.05, 0) is 31.5 Å². The molecule has 0 spiro atoms. The van der Waals surface area contributed by atoms with Crippen molar-refractivity contribution in [3.05, 3.63) is 35.4 Å². The molecule has 2 rings (SSSR count). The van der Waals surface area contributed by atoms with Crippen LogP contribution in [0.5, 0.6) is 0 Å². The largest absolute Gasteiger partial charge is 0.470 e. The average molecular weight is 306 g/mol. The highest BCUT2D eigenvalue weighted by Crippen LogP contribution is 2.18. The van der Waals surface area contributed by atoms with Gasteiger partial charge in [-0.15, -0.1) is 0 Å². The van der Waals surface area contributed by atoms with E-state index in [1.165, 1.54) is 7.11 Å². The molecular weight excluding hydrogens is 284 g/mol. The van der Waals surface area contributed by atoms with Gasteiger partial charge in [-0.3, -0.25) is 0 Å². The third-order valence-electron chi connectivity index (χ3n) is 2.88. The second-order valence-corrected chi connectivity index (χ2v) is 5.76. The summed E-state index contributed by atoms with van der Waals surface area (Å²) in [5.41, 5.74) is 2.09. The highest BCUT2D eigenvalue weighted by molar-refractivity contribution is 6.45. The molecule has 0 aliphatic carbocycles. The normalized spacial score (nSPS) is 15.6. The minimum atomic E-state index is -0.229. The third-order valence-corrected chi connectivity index (χ3v) is 2.88. The molecular formula is C16H22N2O4. The van der Waals surface area contributed by atoms with Crippen molar-refractivity contribution in [2.75, 3.05) is 20.3 Å². The molecule has 0 saturated heterocycles. The summed E-state index contributed by atoms with van der Waals surface area (Å²) in [5, 5.41) is 7.97. The summed E-state index contributed by atoms with van der Waals surface area (Å²) in [7, 11) is 1.48. The van der Waals surface area contributed by atoms with Crippen LogP contribution in [0.4, 0.5) is 0 Å². The molecule has 0 unspecified atom stereocenters. The summed E-state index contributed by atoms with van der Waals surface area (Å²) in [4.78, 5) is 10.0. The number of benzene rings is 1. The topological polar surface area (TPSA) is 61.6 Å². The third kappa shape index (κ3) is 4.46. The van der Waals surface area contributed by atoms with Gasteiger partial charge in [0, 0.05) is 5.56 Å². The first-order valence-corrected chi connectivity index (χ1v) is 7.18. The van der Waals surface area contributed by atoms with Crippen LogP contribution >= 0.6 is 0 Å². The van der Waals surface area contributed by atoms with Crippen LogP contribution in [-0.2, 0) is 25.8 Å². The summed E-state index contributed by atoms with van der Waals surface area (Å²) in [6, 6.07) is 7.79. The quantitative estimate of drug-likeness (QED) is 0.620. The molecule has 1 aromatic carbocycles. The molecule has 0 radical (unpaired) electrons. The lowest BCUT2D eigenvalue weighted by atomic mass is 10.0. The van der Waals surface area contributed by atoms with E-state index < -0.39 is 0 Å². The standard InChI is InChI=1S/C16H22N2O4/c1-16(2,3)21-11-12-7-5-6-8-13(12)14(17-19-4)15-18-22-10-9-20-15/h5-8H,9-11H2,1-4H3/b17-14+. The maximum absolute atomic E-state index is 5.86. The Kier molecular flexibility index (Phi) is 5.38. The number of hydrogen-bond donors (Lipinski definition) is 0. The molecule has 1 aliphatic heterocycles. The first-order chi connectivity index (χ1) is 10.5. The first kappa shape index (κ1) is 16.3. The summed E-state index contributed by atoms with van der Waals surface area (Å²) < 4.78 is 11.4. The van der Waals surface area contributed by atoms with Crippen LogP contribution in [0.2, 0.25) is 0 Å². The molecule has 0 atom stereocenters. The molecule has 0 saturated carbocycles. The zero-order valence-corrected chi connectivity index (χ0v) is 13.5. The summed E-state index contributed by atoms with van der Waals surface area (Å²) in [6.45, 7) is 7.36. The van der Waals surface area contributed by atoms with Crippen LogP contribution in [0, 0.1) is 0 Å². The molecule has 1 aromatic rings. The van der Waals surface area contributed by atoms with Gasteiger partial charge in [0.05, 0.1) is 12.2 Å². The Morgan fingerprint density at radius 1 is 1.27 bits per heavy atom. The van der Waals surface area contributed by atoms with Crippen molar-refractivity contribution < 1.29 is 19.1 Å². The summed E-state index contributed by atoms with van der Waals surface area (Å²) in [5.74, 6) is 0.316. The van der Waals surface area contributed by atoms with Gasteiger partial charge in [-0.25, -0.2) is 0 Å². The zero-order valence-electron chi connectivity index (χ0n) is 13.5. The lowest BCUT2D eigenvalue weighted by molar-refractivity contribution is -0.0150. The monoisotopic (exact) mass is 306 g/mol. The van der Waals surface area contributed by atoms with Crippen molar-refractivity contribution in [1.29, 1.82) is 0 Å². The Morgan fingerprint density at radius 3 is 2.68 bits per heavy atom. The Labute approximate surface area is 130 Å². The van der Waals surface area contributed by atoms with Crippen molar-refractivity contribution in [2.24, 2.45) is 10.3 Å². The Morgan fingerprint density at radius 2 is 2.05 bits per heavy atom. The molecule has 0 aromatic heterocycles. The van der Waals surface area contributed by atoms with E-state index in [2.05, 4.69) is 10.3 Å². The maximum Gasteiger partial charge on any atom is 0.280 e. The first-order valence-electron chi connectivity index (χ1n) is 7.18. The Bertz CT molecular complexity index is 562. The van der Waals surface area contributed by atoms with E-state index in [0.29, 0.717) is 31.4 Å². The van der Waals surface area contributed by atoms with E-state index in [1.54, 1.807) is 0 Å².